The number of aromatic nitrogens is 2. The summed E-state index contributed by atoms with van der Waals surface area (Å²) >= 11 is 1.30. The fourth-order valence-electron chi connectivity index (χ4n) is 2.16. The molecule has 7 heteroatoms. The van der Waals surface area contributed by atoms with Crippen molar-refractivity contribution in [2.75, 3.05) is 7.11 Å². The third kappa shape index (κ3) is 3.24. The zero-order valence-corrected chi connectivity index (χ0v) is 13.1. The summed E-state index contributed by atoms with van der Waals surface area (Å²) in [5.41, 5.74) is 1.09. The van der Waals surface area contributed by atoms with E-state index in [-0.39, 0.29) is 18.3 Å². The van der Waals surface area contributed by atoms with Crippen LogP contribution in [-0.4, -0.2) is 22.6 Å². The number of hydrogen-bond acceptors (Lipinski definition) is 4. The Bertz CT molecular complexity index is 815. The van der Waals surface area contributed by atoms with Crippen LogP contribution in [0.1, 0.15) is 15.2 Å². The number of carbonyl (C=O) groups excluding carboxylic acids is 1. The first kappa shape index (κ1) is 15.2. The van der Waals surface area contributed by atoms with Gasteiger partial charge in [-0.15, -0.1) is 11.3 Å². The number of hydrogen-bond donors (Lipinski definition) is 1. The van der Waals surface area contributed by atoms with E-state index >= 15 is 0 Å². The minimum absolute atomic E-state index is 0.237. The first-order valence-corrected chi connectivity index (χ1v) is 7.73. The molecule has 1 aromatic carbocycles. The standard InChI is InChI=1S/C16H14FN3O2S/c1-22-14-4-7-23-15(14)16(21)19-9-11-2-3-13(12(17)8-11)20-6-5-18-10-20/h2-8,10H,9H2,1H3,(H,19,21). The van der Waals surface area contributed by atoms with E-state index in [0.717, 1.165) is 0 Å². The van der Waals surface area contributed by atoms with Crippen molar-refractivity contribution >= 4 is 17.2 Å². The molecule has 5 nitrogen and oxygen atoms in total. The highest BCUT2D eigenvalue weighted by Gasteiger charge is 2.13. The van der Waals surface area contributed by atoms with Gasteiger partial charge in [0.25, 0.3) is 5.91 Å². The van der Waals surface area contributed by atoms with Gasteiger partial charge in [0.15, 0.2) is 0 Å². The maximum Gasteiger partial charge on any atom is 0.265 e. The van der Waals surface area contributed by atoms with Crippen LogP contribution >= 0.6 is 11.3 Å². The first-order valence-electron chi connectivity index (χ1n) is 6.85. The number of benzene rings is 1. The fourth-order valence-corrected chi connectivity index (χ4v) is 2.93. The molecule has 0 aliphatic carbocycles. The molecule has 0 aliphatic heterocycles. The molecule has 118 valence electrons. The molecule has 3 rings (SSSR count). The quantitative estimate of drug-likeness (QED) is 0.782. The summed E-state index contributed by atoms with van der Waals surface area (Å²) in [6.45, 7) is 0.237. The zero-order chi connectivity index (χ0) is 16.2. The summed E-state index contributed by atoms with van der Waals surface area (Å²) in [5, 5.41) is 4.55. The number of thiophene rings is 1. The van der Waals surface area contributed by atoms with E-state index in [9.17, 15) is 9.18 Å². The van der Waals surface area contributed by atoms with Gasteiger partial charge < -0.3 is 14.6 Å². The highest BCUT2D eigenvalue weighted by Crippen LogP contribution is 2.24. The number of carbonyl (C=O) groups is 1. The molecule has 0 aliphatic rings. The summed E-state index contributed by atoms with van der Waals surface area (Å²) in [6.07, 6.45) is 4.79. The molecule has 0 atom stereocenters. The van der Waals surface area contributed by atoms with E-state index in [2.05, 4.69) is 10.3 Å². The van der Waals surface area contributed by atoms with Crippen LogP contribution in [0.3, 0.4) is 0 Å². The van der Waals surface area contributed by atoms with E-state index in [0.29, 0.717) is 21.9 Å². The summed E-state index contributed by atoms with van der Waals surface area (Å²) in [6, 6.07) is 6.56. The van der Waals surface area contributed by atoms with Crippen molar-refractivity contribution in [2.45, 2.75) is 6.54 Å². The van der Waals surface area contributed by atoms with Gasteiger partial charge in [0.2, 0.25) is 0 Å². The van der Waals surface area contributed by atoms with Crippen LogP contribution in [0.2, 0.25) is 0 Å². The van der Waals surface area contributed by atoms with Gasteiger partial charge in [-0.1, -0.05) is 6.07 Å². The van der Waals surface area contributed by atoms with Gasteiger partial charge in [0.1, 0.15) is 16.4 Å². The van der Waals surface area contributed by atoms with Crippen molar-refractivity contribution < 1.29 is 13.9 Å². The van der Waals surface area contributed by atoms with Crippen molar-refractivity contribution in [1.29, 1.82) is 0 Å². The van der Waals surface area contributed by atoms with E-state index < -0.39 is 0 Å². The smallest absolute Gasteiger partial charge is 0.265 e. The van der Waals surface area contributed by atoms with E-state index in [1.165, 1.54) is 30.8 Å². The molecule has 1 N–H and O–H groups in total. The molecule has 3 aromatic rings. The minimum atomic E-state index is -0.372. The van der Waals surface area contributed by atoms with Gasteiger partial charge >= 0.3 is 0 Å². The van der Waals surface area contributed by atoms with Crippen LogP contribution in [0.25, 0.3) is 5.69 Å². The lowest BCUT2D eigenvalue weighted by Crippen LogP contribution is -2.22. The Morgan fingerprint density at radius 1 is 1.43 bits per heavy atom. The summed E-state index contributed by atoms with van der Waals surface area (Å²) in [5.74, 6) is -0.0754. The lowest BCUT2D eigenvalue weighted by molar-refractivity contribution is 0.0952. The first-order chi connectivity index (χ1) is 11.2. The topological polar surface area (TPSA) is 56.1 Å². The molecule has 0 fully saturated rings. The molecule has 1 amide bonds. The predicted octanol–water partition coefficient (Wildman–Crippen LogP) is 3.01. The van der Waals surface area contributed by atoms with Gasteiger partial charge in [-0.3, -0.25) is 4.79 Å². The Balaban J connectivity index is 1.69. The second-order valence-electron chi connectivity index (χ2n) is 4.76. The van der Waals surface area contributed by atoms with Gasteiger partial charge in [0, 0.05) is 18.9 Å². The maximum absolute atomic E-state index is 14.2. The summed E-state index contributed by atoms with van der Waals surface area (Å²) in [7, 11) is 1.52. The normalized spacial score (nSPS) is 10.5. The van der Waals surface area contributed by atoms with Crippen molar-refractivity contribution in [3.8, 4) is 11.4 Å². The molecule has 0 saturated carbocycles. The Hall–Kier alpha value is -2.67. The molecule has 0 unspecified atom stereocenters. The third-order valence-electron chi connectivity index (χ3n) is 3.30. The third-order valence-corrected chi connectivity index (χ3v) is 4.20. The second kappa shape index (κ2) is 6.62. The molecule has 0 bridgehead atoms. The monoisotopic (exact) mass is 331 g/mol. The highest BCUT2D eigenvalue weighted by molar-refractivity contribution is 7.12. The van der Waals surface area contributed by atoms with Gasteiger partial charge in [0.05, 0.1) is 19.1 Å². The highest BCUT2D eigenvalue weighted by atomic mass is 32.1. The number of nitrogens with zero attached hydrogens (tertiary/aromatic N) is 2. The van der Waals surface area contributed by atoms with E-state index in [1.807, 2.05) is 0 Å². The lowest BCUT2D eigenvalue weighted by atomic mass is 10.2. The molecule has 23 heavy (non-hydrogen) atoms. The van der Waals surface area contributed by atoms with Crippen molar-refractivity contribution in [3.05, 3.63) is 64.6 Å². The number of halogens is 1. The van der Waals surface area contributed by atoms with E-state index in [1.54, 1.807) is 40.5 Å². The Kier molecular flexibility index (Phi) is 4.38. The van der Waals surface area contributed by atoms with Crippen LogP contribution in [0.5, 0.6) is 5.75 Å². The zero-order valence-electron chi connectivity index (χ0n) is 12.3. The predicted molar refractivity (Wildman–Crippen MR) is 85.6 cm³/mol. The van der Waals surface area contributed by atoms with Crippen molar-refractivity contribution in [3.63, 3.8) is 0 Å². The van der Waals surface area contributed by atoms with Gasteiger partial charge in [-0.25, -0.2) is 9.37 Å². The molecule has 2 heterocycles. The lowest BCUT2D eigenvalue weighted by Gasteiger charge is -2.08. The van der Waals surface area contributed by atoms with Crippen LogP contribution in [0.15, 0.2) is 48.4 Å². The average Bonchev–Trinajstić information content (AvgIpc) is 3.23. The summed E-state index contributed by atoms with van der Waals surface area (Å²) < 4.78 is 20.9. The number of rotatable bonds is 5. The number of nitrogens with one attached hydrogen (secondary N) is 1. The van der Waals surface area contributed by atoms with E-state index in [4.69, 9.17) is 4.74 Å². The Morgan fingerprint density at radius 3 is 3.00 bits per heavy atom. The molecule has 0 spiro atoms. The Morgan fingerprint density at radius 2 is 2.30 bits per heavy atom. The van der Waals surface area contributed by atoms with Crippen LogP contribution < -0.4 is 10.1 Å². The van der Waals surface area contributed by atoms with Gasteiger partial charge in [-0.05, 0) is 29.1 Å². The van der Waals surface area contributed by atoms with Crippen molar-refractivity contribution in [2.24, 2.45) is 0 Å². The molecule has 0 radical (unpaired) electrons. The largest absolute Gasteiger partial charge is 0.495 e. The van der Waals surface area contributed by atoms with Crippen molar-refractivity contribution in [1.82, 2.24) is 14.9 Å². The number of methoxy groups -OCH3 is 1. The van der Waals surface area contributed by atoms with Crippen LogP contribution in [0.4, 0.5) is 4.39 Å². The van der Waals surface area contributed by atoms with Gasteiger partial charge in [-0.2, -0.15) is 0 Å². The van der Waals surface area contributed by atoms with Crippen LogP contribution in [-0.2, 0) is 6.54 Å². The number of imidazole rings is 1. The minimum Gasteiger partial charge on any atom is -0.495 e. The van der Waals surface area contributed by atoms with Crippen LogP contribution in [0, 0.1) is 5.82 Å². The molecular formula is C16H14FN3O2S. The number of ether oxygens (including phenoxy) is 1. The summed E-state index contributed by atoms with van der Waals surface area (Å²) in [4.78, 5) is 16.5. The molecule has 0 saturated heterocycles. The number of amides is 1. The molecule has 2 aromatic heterocycles. The second-order valence-corrected chi connectivity index (χ2v) is 5.67. The SMILES string of the molecule is COc1ccsc1C(=O)NCc1ccc(-n2ccnc2)c(F)c1. The fraction of sp³-hybridized carbons (Fsp3) is 0.125. The average molecular weight is 331 g/mol. The Labute approximate surface area is 136 Å². The molecular weight excluding hydrogens is 317 g/mol. The maximum atomic E-state index is 14.2.